The van der Waals surface area contributed by atoms with E-state index >= 15 is 0 Å². The fraction of sp³-hybridized carbons (Fsp3) is 0.478. The van der Waals surface area contributed by atoms with Crippen LogP contribution in [-0.4, -0.2) is 41.3 Å². The lowest BCUT2D eigenvalue weighted by atomic mass is 9.83. The number of unbranched alkanes of at least 4 members (excludes halogenated alkanes) is 1. The maximum Gasteiger partial charge on any atom is 0.340 e. The molecule has 2 aromatic carbocycles. The molecule has 3 atom stereocenters. The summed E-state index contributed by atoms with van der Waals surface area (Å²) in [4.78, 5) is 32.2. The topological polar surface area (TPSA) is 69.6 Å². The number of hydrogen-bond donors (Lipinski definition) is 1. The predicted octanol–water partition coefficient (Wildman–Crippen LogP) is 9.51. The number of hydrogen-bond acceptors (Lipinski definition) is 5. The number of aromatic nitrogens is 1. The molecular weight excluding hydrogens is 721 g/mol. The van der Waals surface area contributed by atoms with Gasteiger partial charge in [0.1, 0.15) is 5.76 Å². The second-order valence-corrected chi connectivity index (χ2v) is 15.7. The number of ketones is 1. The van der Waals surface area contributed by atoms with E-state index < -0.39 is 31.0 Å². The van der Waals surface area contributed by atoms with E-state index in [1.807, 2.05) is 39.0 Å². The molecule has 3 aliphatic rings. The van der Waals surface area contributed by atoms with Crippen molar-refractivity contribution in [1.29, 1.82) is 0 Å². The second-order valence-electron chi connectivity index (χ2n) is 15.7. The summed E-state index contributed by atoms with van der Waals surface area (Å²) in [7, 11) is 0. The number of aryl methyl sites for hydroxylation is 4. The summed E-state index contributed by atoms with van der Waals surface area (Å²) >= 11 is 0. The molecule has 10 heteroatoms. The SMILES string of the molecule is CCCCC(CC)Cn1c2c(c3cc(C(=O)c4c(C)cc(C)cc4C)c4c(c31)CCC=C4)=CC(C(NOC(C)=O)C1=C(OCC(F)(F)C(F)F)CCC=C1)CC=2. The van der Waals surface area contributed by atoms with E-state index in [2.05, 4.69) is 54.3 Å². The highest BCUT2D eigenvalue weighted by Crippen LogP contribution is 2.36. The second kappa shape index (κ2) is 17.4. The van der Waals surface area contributed by atoms with Crippen molar-refractivity contribution in [1.82, 2.24) is 10.0 Å². The van der Waals surface area contributed by atoms with Crippen molar-refractivity contribution in [3.8, 4) is 0 Å². The fourth-order valence-electron chi connectivity index (χ4n) is 8.79. The van der Waals surface area contributed by atoms with E-state index in [-0.39, 0.29) is 23.9 Å². The molecule has 6 nitrogen and oxygen atoms in total. The zero-order valence-electron chi connectivity index (χ0n) is 33.4. The van der Waals surface area contributed by atoms with Gasteiger partial charge in [0.15, 0.2) is 12.4 Å². The minimum absolute atomic E-state index is 0.0220. The van der Waals surface area contributed by atoms with Crippen LogP contribution in [0.25, 0.3) is 29.1 Å². The number of rotatable bonds is 16. The van der Waals surface area contributed by atoms with E-state index in [0.717, 1.165) is 94.4 Å². The van der Waals surface area contributed by atoms with Crippen LogP contribution >= 0.6 is 0 Å². The monoisotopic (exact) mass is 774 g/mol. The van der Waals surface area contributed by atoms with E-state index in [1.165, 1.54) is 6.92 Å². The third-order valence-corrected chi connectivity index (χ3v) is 11.5. The average molecular weight is 775 g/mol. The van der Waals surface area contributed by atoms with Crippen LogP contribution in [0, 0.1) is 32.6 Å². The van der Waals surface area contributed by atoms with Gasteiger partial charge >= 0.3 is 18.3 Å². The Balaban J connectivity index is 1.58. The van der Waals surface area contributed by atoms with Crippen LogP contribution in [0.4, 0.5) is 17.6 Å². The lowest BCUT2D eigenvalue weighted by molar-refractivity contribution is -0.158. The predicted molar refractivity (Wildman–Crippen MR) is 214 cm³/mol. The summed E-state index contributed by atoms with van der Waals surface area (Å²) in [6, 6.07) is 5.40. The molecule has 3 unspecified atom stereocenters. The van der Waals surface area contributed by atoms with Crippen molar-refractivity contribution in [2.45, 2.75) is 124 Å². The summed E-state index contributed by atoms with van der Waals surface area (Å²) in [5.74, 6) is -4.72. The summed E-state index contributed by atoms with van der Waals surface area (Å²) in [6.45, 7) is 11.0. The lowest BCUT2D eigenvalue weighted by Crippen LogP contribution is -2.43. The Kier molecular flexibility index (Phi) is 12.8. The first kappa shape index (κ1) is 41.2. The number of halogens is 4. The van der Waals surface area contributed by atoms with Crippen molar-refractivity contribution >= 4 is 40.9 Å². The quantitative estimate of drug-likeness (QED) is 0.0893. The van der Waals surface area contributed by atoms with E-state index in [4.69, 9.17) is 9.57 Å². The highest BCUT2D eigenvalue weighted by molar-refractivity contribution is 6.15. The van der Waals surface area contributed by atoms with Crippen molar-refractivity contribution in [2.24, 2.45) is 11.8 Å². The Labute approximate surface area is 327 Å². The van der Waals surface area contributed by atoms with Gasteiger partial charge in [0, 0.05) is 58.5 Å². The number of hydroxylamine groups is 1. The van der Waals surface area contributed by atoms with E-state index in [9.17, 15) is 27.2 Å². The number of fused-ring (bicyclic) bond motifs is 5. The Morgan fingerprint density at radius 2 is 1.73 bits per heavy atom. The number of nitrogens with zero attached hydrogens (tertiary/aromatic N) is 1. The van der Waals surface area contributed by atoms with Gasteiger partial charge in [-0.15, -0.1) is 5.48 Å². The molecule has 0 radical (unpaired) electrons. The first-order chi connectivity index (χ1) is 26.7. The molecule has 1 aromatic heterocycles. The van der Waals surface area contributed by atoms with Gasteiger partial charge in [0.2, 0.25) is 0 Å². The first-order valence-corrected chi connectivity index (χ1v) is 20.1. The molecule has 1 N–H and O–H groups in total. The van der Waals surface area contributed by atoms with Gasteiger partial charge in [-0.05, 0) is 87.1 Å². The Hall–Kier alpha value is -4.44. The molecule has 0 fully saturated rings. The summed E-state index contributed by atoms with van der Waals surface area (Å²) in [6.07, 6.45) is 15.5. The molecule has 0 amide bonds. The van der Waals surface area contributed by atoms with Crippen molar-refractivity contribution in [3.05, 3.63) is 97.3 Å². The molecule has 6 rings (SSSR count). The van der Waals surface area contributed by atoms with Gasteiger partial charge in [-0.3, -0.25) is 9.59 Å². The van der Waals surface area contributed by atoms with Crippen LogP contribution in [0.2, 0.25) is 0 Å². The molecule has 0 bridgehead atoms. The number of benzene rings is 2. The molecule has 1 heterocycles. The van der Waals surface area contributed by atoms with Crippen molar-refractivity contribution < 1.29 is 36.7 Å². The molecule has 56 heavy (non-hydrogen) atoms. The molecule has 0 spiro atoms. The van der Waals surface area contributed by atoms with Gasteiger partial charge in [-0.2, -0.15) is 8.78 Å². The van der Waals surface area contributed by atoms with Gasteiger partial charge < -0.3 is 14.1 Å². The highest BCUT2D eigenvalue weighted by atomic mass is 19.3. The number of nitrogens with one attached hydrogen (secondary N) is 1. The molecule has 0 aliphatic heterocycles. The molecule has 0 saturated heterocycles. The number of carbonyl (C=O) groups excluding carboxylic acids is 2. The molecular formula is C46H54F4N2O4. The zero-order chi connectivity index (χ0) is 40.3. The smallest absolute Gasteiger partial charge is 0.340 e. The lowest BCUT2D eigenvalue weighted by Gasteiger charge is -2.30. The maximum atomic E-state index is 14.7. The van der Waals surface area contributed by atoms with Crippen LogP contribution < -0.4 is 16.0 Å². The Morgan fingerprint density at radius 3 is 2.41 bits per heavy atom. The number of allylic oxidation sites excluding steroid dienone is 3. The first-order valence-electron chi connectivity index (χ1n) is 20.1. The number of ether oxygens (including phenoxy) is 1. The Morgan fingerprint density at radius 1 is 1.02 bits per heavy atom. The maximum absolute atomic E-state index is 14.7. The van der Waals surface area contributed by atoms with E-state index in [1.54, 1.807) is 6.08 Å². The van der Waals surface area contributed by atoms with Crippen LogP contribution in [0.3, 0.4) is 0 Å². The molecule has 0 saturated carbocycles. The van der Waals surface area contributed by atoms with Crippen LogP contribution in [0.5, 0.6) is 0 Å². The van der Waals surface area contributed by atoms with Gasteiger partial charge in [0.25, 0.3) is 0 Å². The average Bonchev–Trinajstić information content (AvgIpc) is 3.47. The fourth-order valence-corrected chi connectivity index (χ4v) is 8.79. The molecule has 3 aromatic rings. The van der Waals surface area contributed by atoms with Gasteiger partial charge in [0.05, 0.1) is 11.6 Å². The van der Waals surface area contributed by atoms with Gasteiger partial charge in [-0.1, -0.05) is 87.3 Å². The minimum atomic E-state index is -4.33. The highest BCUT2D eigenvalue weighted by Gasteiger charge is 2.42. The normalized spacial score (nSPS) is 17.7. The number of alkyl halides is 4. The largest absolute Gasteiger partial charge is 0.491 e. The van der Waals surface area contributed by atoms with E-state index in [0.29, 0.717) is 35.5 Å². The minimum Gasteiger partial charge on any atom is -0.491 e. The third-order valence-electron chi connectivity index (χ3n) is 11.5. The summed E-state index contributed by atoms with van der Waals surface area (Å²) in [5.41, 5.74) is 10.9. The van der Waals surface area contributed by atoms with Crippen LogP contribution in [0.15, 0.2) is 47.8 Å². The Bertz CT molecular complexity index is 2190. The van der Waals surface area contributed by atoms with Crippen molar-refractivity contribution in [3.63, 3.8) is 0 Å². The van der Waals surface area contributed by atoms with Crippen LogP contribution in [0.1, 0.15) is 116 Å². The van der Waals surface area contributed by atoms with Crippen molar-refractivity contribution in [2.75, 3.05) is 6.61 Å². The standard InChI is InChI=1S/C46H54F4N2O4/c1-7-9-14-31(8-2)25-52-39-20-19-32(42(51-56-30(6)53)35-17-12-13-18-40(35)55-26-46(49,50)45(47)48)23-36(39)37-24-38(33-15-10-11-16-34(33)43(37)52)44(54)41-28(4)21-27(3)22-29(41)5/h10,12,15,17,20-24,31-32,42,45,51H,7-9,11,13-14,16,18-19,25-26H2,1-6H3. The van der Waals surface area contributed by atoms with Gasteiger partial charge in [-0.25, -0.2) is 8.78 Å². The van der Waals surface area contributed by atoms with Crippen LogP contribution in [-0.2, 0) is 27.3 Å². The zero-order valence-corrected chi connectivity index (χ0v) is 33.4. The molecule has 3 aliphatic carbocycles. The third kappa shape index (κ3) is 8.46. The molecule has 300 valence electrons. The number of carbonyl (C=O) groups is 2. The summed E-state index contributed by atoms with van der Waals surface area (Å²) < 4.78 is 62.3. The summed E-state index contributed by atoms with van der Waals surface area (Å²) in [5, 5.41) is 2.97.